The van der Waals surface area contributed by atoms with Gasteiger partial charge in [0.2, 0.25) is 5.91 Å². The van der Waals surface area contributed by atoms with Crippen LogP contribution >= 0.6 is 24.8 Å². The molecule has 0 aromatic heterocycles. The van der Waals surface area contributed by atoms with Gasteiger partial charge in [0.25, 0.3) is 0 Å². The van der Waals surface area contributed by atoms with E-state index in [-0.39, 0.29) is 30.7 Å². The van der Waals surface area contributed by atoms with Crippen molar-refractivity contribution in [3.8, 4) is 0 Å². The van der Waals surface area contributed by atoms with Crippen LogP contribution in [0, 0.1) is 5.92 Å². The highest BCUT2D eigenvalue weighted by Crippen LogP contribution is 2.27. The first-order valence-electron chi connectivity index (χ1n) is 8.56. The van der Waals surface area contributed by atoms with Crippen molar-refractivity contribution in [2.75, 3.05) is 26.2 Å². The molecule has 1 amide bonds. The van der Waals surface area contributed by atoms with Crippen molar-refractivity contribution in [1.82, 2.24) is 15.5 Å². The zero-order valence-electron chi connectivity index (χ0n) is 14.1. The van der Waals surface area contributed by atoms with E-state index in [2.05, 4.69) is 45.9 Å². The summed E-state index contributed by atoms with van der Waals surface area (Å²) in [6.45, 7) is 4.62. The summed E-state index contributed by atoms with van der Waals surface area (Å²) in [6.07, 6.45) is 4.77. The second-order valence-electron chi connectivity index (χ2n) is 6.68. The average molecular weight is 374 g/mol. The molecule has 1 aliphatic heterocycles. The Morgan fingerprint density at radius 1 is 1.04 bits per heavy atom. The van der Waals surface area contributed by atoms with E-state index in [0.717, 1.165) is 44.9 Å². The fraction of sp³-hybridized carbons (Fsp3) is 0.611. The lowest BCUT2D eigenvalue weighted by molar-refractivity contribution is -0.121. The maximum absolute atomic E-state index is 11.9. The maximum Gasteiger partial charge on any atom is 0.234 e. The molecule has 0 bridgehead atoms. The van der Waals surface area contributed by atoms with Crippen LogP contribution in [0.25, 0.3) is 0 Å². The van der Waals surface area contributed by atoms with Gasteiger partial charge in [-0.25, -0.2) is 0 Å². The third-order valence-electron chi connectivity index (χ3n) is 4.62. The van der Waals surface area contributed by atoms with Gasteiger partial charge in [0.15, 0.2) is 0 Å². The molecule has 0 atom stereocenters. The molecule has 1 aromatic rings. The van der Waals surface area contributed by atoms with Crippen molar-refractivity contribution in [3.63, 3.8) is 0 Å². The van der Waals surface area contributed by atoms with Crippen molar-refractivity contribution >= 4 is 30.7 Å². The summed E-state index contributed by atoms with van der Waals surface area (Å²) in [6, 6.07) is 11.0. The Balaban J connectivity index is 0.00000144. The standard InChI is InChI=1S/C18H27N3O.2ClH/c22-18(13-19-12-15-6-7-15)20-17-8-10-21(11-9-17)14-16-4-2-1-3-5-16;;/h1-5,15,17,19H,6-14H2,(H,20,22);2*1H. The van der Waals surface area contributed by atoms with Crippen LogP contribution in [0.3, 0.4) is 0 Å². The van der Waals surface area contributed by atoms with E-state index in [1.807, 2.05) is 0 Å². The van der Waals surface area contributed by atoms with Crippen molar-refractivity contribution in [2.45, 2.75) is 38.3 Å². The van der Waals surface area contributed by atoms with Gasteiger partial charge in [-0.05, 0) is 43.7 Å². The summed E-state index contributed by atoms with van der Waals surface area (Å²) in [5.74, 6) is 0.983. The number of amides is 1. The molecule has 0 unspecified atom stereocenters. The van der Waals surface area contributed by atoms with Gasteiger partial charge in [-0.2, -0.15) is 0 Å². The van der Waals surface area contributed by atoms with Gasteiger partial charge in [-0.3, -0.25) is 9.69 Å². The van der Waals surface area contributed by atoms with E-state index < -0.39 is 0 Å². The molecule has 0 radical (unpaired) electrons. The number of hydrogen-bond donors (Lipinski definition) is 2. The lowest BCUT2D eigenvalue weighted by atomic mass is 10.0. The van der Waals surface area contributed by atoms with Crippen molar-refractivity contribution in [3.05, 3.63) is 35.9 Å². The molecule has 3 rings (SSSR count). The number of likely N-dealkylation sites (tertiary alicyclic amines) is 1. The summed E-state index contributed by atoms with van der Waals surface area (Å²) in [5, 5.41) is 6.42. The number of nitrogens with one attached hydrogen (secondary N) is 2. The Morgan fingerprint density at radius 2 is 1.71 bits per heavy atom. The molecule has 2 fully saturated rings. The molecule has 2 N–H and O–H groups in total. The molecule has 2 aliphatic rings. The summed E-state index contributed by atoms with van der Waals surface area (Å²) in [7, 11) is 0. The first-order valence-corrected chi connectivity index (χ1v) is 8.56. The molecule has 1 saturated carbocycles. The topological polar surface area (TPSA) is 44.4 Å². The van der Waals surface area contributed by atoms with Crippen LogP contribution in [-0.2, 0) is 11.3 Å². The molecular formula is C18H29Cl2N3O. The van der Waals surface area contributed by atoms with Crippen molar-refractivity contribution in [2.24, 2.45) is 5.92 Å². The second kappa shape index (κ2) is 10.9. The van der Waals surface area contributed by atoms with Crippen LogP contribution in [0.4, 0.5) is 0 Å². The van der Waals surface area contributed by atoms with E-state index in [0.29, 0.717) is 12.6 Å². The van der Waals surface area contributed by atoms with Crippen molar-refractivity contribution < 1.29 is 4.79 Å². The Morgan fingerprint density at radius 3 is 2.33 bits per heavy atom. The number of piperidine rings is 1. The number of benzene rings is 1. The van der Waals surface area contributed by atoms with Crippen molar-refractivity contribution in [1.29, 1.82) is 0 Å². The third kappa shape index (κ3) is 7.39. The quantitative estimate of drug-likeness (QED) is 0.771. The molecule has 0 spiro atoms. The maximum atomic E-state index is 11.9. The first-order chi connectivity index (χ1) is 10.8. The van der Waals surface area contributed by atoms with Crippen LogP contribution in [-0.4, -0.2) is 43.0 Å². The molecule has 136 valence electrons. The third-order valence-corrected chi connectivity index (χ3v) is 4.62. The summed E-state index contributed by atoms with van der Waals surface area (Å²) >= 11 is 0. The fourth-order valence-electron chi connectivity index (χ4n) is 3.07. The smallest absolute Gasteiger partial charge is 0.234 e. The molecular weight excluding hydrogens is 345 g/mol. The minimum atomic E-state index is 0. The highest BCUT2D eigenvalue weighted by molar-refractivity contribution is 5.85. The Kier molecular flexibility index (Phi) is 9.67. The second-order valence-corrected chi connectivity index (χ2v) is 6.68. The van der Waals surface area contributed by atoms with E-state index in [1.165, 1.54) is 18.4 Å². The van der Waals surface area contributed by atoms with E-state index in [4.69, 9.17) is 0 Å². The van der Waals surface area contributed by atoms with Crippen LogP contribution < -0.4 is 10.6 Å². The normalized spacial score (nSPS) is 18.3. The lowest BCUT2D eigenvalue weighted by Gasteiger charge is -2.32. The fourth-order valence-corrected chi connectivity index (χ4v) is 3.07. The predicted octanol–water partition coefficient (Wildman–Crippen LogP) is 2.61. The minimum absolute atomic E-state index is 0. The summed E-state index contributed by atoms with van der Waals surface area (Å²) in [4.78, 5) is 14.4. The van der Waals surface area contributed by atoms with E-state index in [1.54, 1.807) is 0 Å². The Hall–Kier alpha value is -0.810. The van der Waals surface area contributed by atoms with Gasteiger partial charge in [-0.1, -0.05) is 30.3 Å². The number of carbonyl (C=O) groups is 1. The number of carbonyl (C=O) groups excluding carboxylic acids is 1. The summed E-state index contributed by atoms with van der Waals surface area (Å²) < 4.78 is 0. The largest absolute Gasteiger partial charge is 0.352 e. The number of halogens is 2. The highest BCUT2D eigenvalue weighted by Gasteiger charge is 2.22. The lowest BCUT2D eigenvalue weighted by Crippen LogP contribution is -2.46. The molecule has 1 saturated heterocycles. The number of nitrogens with zero attached hydrogens (tertiary/aromatic N) is 1. The molecule has 4 nitrogen and oxygen atoms in total. The molecule has 1 heterocycles. The summed E-state index contributed by atoms with van der Waals surface area (Å²) in [5.41, 5.74) is 1.37. The monoisotopic (exact) mass is 373 g/mol. The average Bonchev–Trinajstić information content (AvgIpc) is 3.35. The predicted molar refractivity (Wildman–Crippen MR) is 103 cm³/mol. The van der Waals surface area contributed by atoms with Gasteiger partial charge in [0.05, 0.1) is 6.54 Å². The zero-order valence-corrected chi connectivity index (χ0v) is 15.7. The molecule has 1 aliphatic carbocycles. The number of rotatable bonds is 7. The van der Waals surface area contributed by atoms with Gasteiger partial charge < -0.3 is 10.6 Å². The van der Waals surface area contributed by atoms with E-state index in [9.17, 15) is 4.79 Å². The molecule has 1 aromatic carbocycles. The minimum Gasteiger partial charge on any atom is -0.352 e. The Bertz CT molecular complexity index is 474. The van der Waals surface area contributed by atoms with Crippen LogP contribution in [0.1, 0.15) is 31.2 Å². The number of hydrogen-bond acceptors (Lipinski definition) is 3. The van der Waals surface area contributed by atoms with Crippen LogP contribution in [0.5, 0.6) is 0 Å². The van der Waals surface area contributed by atoms with Gasteiger partial charge in [0.1, 0.15) is 0 Å². The van der Waals surface area contributed by atoms with Gasteiger partial charge >= 0.3 is 0 Å². The first kappa shape index (κ1) is 21.2. The van der Waals surface area contributed by atoms with Crippen LogP contribution in [0.2, 0.25) is 0 Å². The highest BCUT2D eigenvalue weighted by atomic mass is 35.5. The van der Waals surface area contributed by atoms with Crippen LogP contribution in [0.15, 0.2) is 30.3 Å². The van der Waals surface area contributed by atoms with E-state index >= 15 is 0 Å². The zero-order chi connectivity index (χ0) is 15.2. The molecule has 24 heavy (non-hydrogen) atoms. The Labute approximate surface area is 157 Å². The SMILES string of the molecule is Cl.Cl.O=C(CNCC1CC1)NC1CCN(Cc2ccccc2)CC1. The van der Waals surface area contributed by atoms with Gasteiger partial charge in [0, 0.05) is 25.7 Å². The van der Waals surface area contributed by atoms with Gasteiger partial charge in [-0.15, -0.1) is 24.8 Å². The molecule has 6 heteroatoms.